The van der Waals surface area contributed by atoms with Crippen LogP contribution in [0.15, 0.2) is 24.3 Å². The number of thiocarbonyl (C=S) groups is 1. The average molecular weight is 251 g/mol. The smallest absolute Gasteiger partial charge is 0.103 e. The van der Waals surface area contributed by atoms with Crippen molar-refractivity contribution >= 4 is 17.2 Å². The third-order valence-corrected chi connectivity index (χ3v) is 2.79. The van der Waals surface area contributed by atoms with Gasteiger partial charge >= 0.3 is 0 Å². The van der Waals surface area contributed by atoms with Crippen LogP contribution < -0.4 is 5.73 Å². The Hall–Kier alpha value is -0.930. The molecule has 0 aliphatic rings. The number of hydrogen-bond acceptors (Lipinski definition) is 2. The highest BCUT2D eigenvalue weighted by Crippen LogP contribution is 2.12. The van der Waals surface area contributed by atoms with Gasteiger partial charge in [0.05, 0.1) is 12.7 Å². The van der Waals surface area contributed by atoms with Gasteiger partial charge in [0, 0.05) is 5.56 Å². The summed E-state index contributed by atoms with van der Waals surface area (Å²) in [5.74, 6) is 0.660. The summed E-state index contributed by atoms with van der Waals surface area (Å²) < 4.78 is 5.79. The van der Waals surface area contributed by atoms with E-state index in [4.69, 9.17) is 22.7 Å². The summed E-state index contributed by atoms with van der Waals surface area (Å²) in [7, 11) is 0. The molecule has 0 amide bonds. The van der Waals surface area contributed by atoms with Crippen LogP contribution in [-0.2, 0) is 11.3 Å². The van der Waals surface area contributed by atoms with E-state index in [1.807, 2.05) is 24.3 Å². The monoisotopic (exact) mass is 251 g/mol. The second-order valence-corrected chi connectivity index (χ2v) is 5.26. The molecule has 0 aliphatic heterocycles. The van der Waals surface area contributed by atoms with Gasteiger partial charge in [-0.1, -0.05) is 44.3 Å². The molecule has 0 aromatic heterocycles. The number of nitrogens with two attached hydrogens (primary N) is 1. The fourth-order valence-electron chi connectivity index (χ4n) is 1.78. The molecular weight excluding hydrogens is 230 g/mol. The van der Waals surface area contributed by atoms with Gasteiger partial charge in [-0.15, -0.1) is 0 Å². The summed E-state index contributed by atoms with van der Waals surface area (Å²) in [6.45, 7) is 7.13. The third kappa shape index (κ3) is 5.29. The first-order valence-corrected chi connectivity index (χ1v) is 6.40. The van der Waals surface area contributed by atoms with Crippen LogP contribution in [-0.4, -0.2) is 11.1 Å². The van der Waals surface area contributed by atoms with Crippen LogP contribution in [0.4, 0.5) is 0 Å². The molecule has 1 unspecified atom stereocenters. The van der Waals surface area contributed by atoms with Gasteiger partial charge in [0.15, 0.2) is 0 Å². The molecule has 0 radical (unpaired) electrons. The Morgan fingerprint density at radius 3 is 2.65 bits per heavy atom. The standard InChI is InChI=1S/C14H21NOS/c1-10(2)7-11(3)16-9-12-5-4-6-13(8-12)14(15)17/h4-6,8,10-11H,7,9H2,1-3H3,(H2,15,17). The Morgan fingerprint density at radius 2 is 2.06 bits per heavy atom. The second kappa shape index (κ2) is 6.72. The summed E-state index contributed by atoms with van der Waals surface area (Å²) in [6.07, 6.45) is 1.36. The summed E-state index contributed by atoms with van der Waals surface area (Å²) in [6, 6.07) is 7.90. The van der Waals surface area contributed by atoms with Gasteiger partial charge in [0.25, 0.3) is 0 Å². The molecule has 2 N–H and O–H groups in total. The topological polar surface area (TPSA) is 35.2 Å². The second-order valence-electron chi connectivity index (χ2n) is 4.82. The maximum Gasteiger partial charge on any atom is 0.103 e. The fraction of sp³-hybridized carbons (Fsp3) is 0.500. The van der Waals surface area contributed by atoms with E-state index in [2.05, 4.69) is 20.8 Å². The van der Waals surface area contributed by atoms with Crippen molar-refractivity contribution in [2.45, 2.75) is 39.9 Å². The predicted octanol–water partition coefficient (Wildman–Crippen LogP) is 3.27. The lowest BCUT2D eigenvalue weighted by Crippen LogP contribution is -2.12. The summed E-state index contributed by atoms with van der Waals surface area (Å²) in [4.78, 5) is 0.432. The average Bonchev–Trinajstić information content (AvgIpc) is 2.26. The van der Waals surface area contributed by atoms with E-state index >= 15 is 0 Å². The van der Waals surface area contributed by atoms with Crippen molar-refractivity contribution in [3.8, 4) is 0 Å². The molecule has 0 saturated carbocycles. The predicted molar refractivity (Wildman–Crippen MR) is 76.0 cm³/mol. The molecule has 17 heavy (non-hydrogen) atoms. The van der Waals surface area contributed by atoms with Crippen LogP contribution in [0, 0.1) is 5.92 Å². The van der Waals surface area contributed by atoms with Gasteiger partial charge in [0.1, 0.15) is 4.99 Å². The molecule has 0 spiro atoms. The van der Waals surface area contributed by atoms with Crippen LogP contribution in [0.1, 0.15) is 38.3 Å². The lowest BCUT2D eigenvalue weighted by Gasteiger charge is -2.15. The van der Waals surface area contributed by atoms with Gasteiger partial charge in [-0.3, -0.25) is 0 Å². The zero-order valence-electron chi connectivity index (χ0n) is 10.8. The van der Waals surface area contributed by atoms with Gasteiger partial charge in [-0.25, -0.2) is 0 Å². The van der Waals surface area contributed by atoms with E-state index in [0.29, 0.717) is 17.5 Å². The van der Waals surface area contributed by atoms with E-state index in [0.717, 1.165) is 17.5 Å². The Kier molecular flexibility index (Phi) is 5.59. The number of ether oxygens (including phenoxy) is 1. The fourth-order valence-corrected chi connectivity index (χ4v) is 1.91. The third-order valence-electron chi connectivity index (χ3n) is 2.55. The van der Waals surface area contributed by atoms with E-state index in [1.54, 1.807) is 0 Å². The minimum Gasteiger partial charge on any atom is -0.389 e. The molecule has 1 aromatic carbocycles. The van der Waals surface area contributed by atoms with Crippen LogP contribution in [0.3, 0.4) is 0 Å². The van der Waals surface area contributed by atoms with E-state index in [9.17, 15) is 0 Å². The van der Waals surface area contributed by atoms with E-state index in [-0.39, 0.29) is 6.10 Å². The van der Waals surface area contributed by atoms with Crippen LogP contribution in [0.5, 0.6) is 0 Å². The number of rotatable bonds is 6. The molecule has 0 aliphatic carbocycles. The van der Waals surface area contributed by atoms with Gasteiger partial charge in [0.2, 0.25) is 0 Å². The highest BCUT2D eigenvalue weighted by atomic mass is 32.1. The normalized spacial score (nSPS) is 12.7. The van der Waals surface area contributed by atoms with Gasteiger partial charge in [-0.05, 0) is 30.9 Å². The lowest BCUT2D eigenvalue weighted by atomic mass is 10.1. The first-order chi connectivity index (χ1) is 7.99. The minimum absolute atomic E-state index is 0.281. The maximum absolute atomic E-state index is 5.79. The SMILES string of the molecule is CC(C)CC(C)OCc1cccc(C(N)=S)c1. The van der Waals surface area contributed by atoms with Crippen molar-refractivity contribution in [1.29, 1.82) is 0 Å². The van der Waals surface area contributed by atoms with Crippen LogP contribution >= 0.6 is 12.2 Å². The lowest BCUT2D eigenvalue weighted by molar-refractivity contribution is 0.0397. The molecule has 0 bridgehead atoms. The Morgan fingerprint density at radius 1 is 1.35 bits per heavy atom. The van der Waals surface area contributed by atoms with Crippen molar-refractivity contribution in [1.82, 2.24) is 0 Å². The van der Waals surface area contributed by atoms with Crippen molar-refractivity contribution in [3.05, 3.63) is 35.4 Å². The number of hydrogen-bond donors (Lipinski definition) is 1. The molecule has 0 saturated heterocycles. The molecule has 1 atom stereocenters. The molecule has 1 aromatic rings. The van der Waals surface area contributed by atoms with Crippen molar-refractivity contribution < 1.29 is 4.74 Å². The van der Waals surface area contributed by atoms with Gasteiger partial charge < -0.3 is 10.5 Å². The Labute approximate surface area is 109 Å². The molecule has 0 fully saturated rings. The number of benzene rings is 1. The summed E-state index contributed by atoms with van der Waals surface area (Å²) in [5.41, 5.74) is 7.61. The molecule has 1 rings (SSSR count). The largest absolute Gasteiger partial charge is 0.389 e. The molecule has 2 nitrogen and oxygen atoms in total. The summed E-state index contributed by atoms with van der Waals surface area (Å²) in [5, 5.41) is 0. The zero-order chi connectivity index (χ0) is 12.8. The first kappa shape index (κ1) is 14.1. The van der Waals surface area contributed by atoms with Crippen molar-refractivity contribution in [2.75, 3.05) is 0 Å². The highest BCUT2D eigenvalue weighted by Gasteiger charge is 2.06. The van der Waals surface area contributed by atoms with Crippen molar-refractivity contribution in [3.63, 3.8) is 0 Å². The van der Waals surface area contributed by atoms with E-state index < -0.39 is 0 Å². The minimum atomic E-state index is 0.281. The molecule has 94 valence electrons. The molecule has 3 heteroatoms. The Balaban J connectivity index is 2.51. The van der Waals surface area contributed by atoms with Crippen molar-refractivity contribution in [2.24, 2.45) is 11.7 Å². The van der Waals surface area contributed by atoms with E-state index in [1.165, 1.54) is 0 Å². The van der Waals surface area contributed by atoms with Crippen LogP contribution in [0.2, 0.25) is 0 Å². The van der Waals surface area contributed by atoms with Gasteiger partial charge in [-0.2, -0.15) is 0 Å². The maximum atomic E-state index is 5.79. The molecule has 0 heterocycles. The quantitative estimate of drug-likeness (QED) is 0.788. The zero-order valence-corrected chi connectivity index (χ0v) is 11.6. The summed E-state index contributed by atoms with van der Waals surface area (Å²) >= 11 is 4.95. The Bertz CT molecular complexity index is 376. The first-order valence-electron chi connectivity index (χ1n) is 5.99. The molecular formula is C14H21NOS. The van der Waals surface area contributed by atoms with Crippen LogP contribution in [0.25, 0.3) is 0 Å². The highest BCUT2D eigenvalue weighted by molar-refractivity contribution is 7.80.